The minimum absolute atomic E-state index is 0.0324. The molecule has 0 heterocycles. The molecule has 0 fully saturated rings. The second-order valence-corrected chi connectivity index (χ2v) is 0.755. The van der Waals surface area contributed by atoms with E-state index in [1.165, 1.54) is 0 Å². The predicted molar refractivity (Wildman–Crippen MR) is 48.9 cm³/mol. The lowest BCUT2D eigenvalue weighted by atomic mass is 10.4. The van der Waals surface area contributed by atoms with E-state index in [0.29, 0.717) is 6.29 Å². The Kier molecular flexibility index (Phi) is 14.5. The van der Waals surface area contributed by atoms with E-state index in [-0.39, 0.29) is 5.57 Å². The van der Waals surface area contributed by atoms with Gasteiger partial charge in [-0.05, 0) is 0 Å². The SMILES string of the molecule is C=C(C#N)C=O.II. The van der Waals surface area contributed by atoms with Crippen LogP contribution in [0.5, 0.6) is 0 Å². The molecule has 0 aliphatic heterocycles. The second kappa shape index (κ2) is 10.4. The number of hydrogen-bond acceptors (Lipinski definition) is 2. The van der Waals surface area contributed by atoms with Gasteiger partial charge in [0.1, 0.15) is 6.07 Å². The van der Waals surface area contributed by atoms with Crippen LogP contribution in [-0.2, 0) is 4.79 Å². The number of hydrogen-bond donors (Lipinski definition) is 0. The van der Waals surface area contributed by atoms with Crippen LogP contribution < -0.4 is 0 Å². The molecule has 0 bridgehead atoms. The highest BCUT2D eigenvalue weighted by molar-refractivity contribution is 15.0. The standard InChI is InChI=1S/C4H3NO.I2/c1-4(2-5)3-6;1-2/h3H,1H2;. The topological polar surface area (TPSA) is 40.9 Å². The molecule has 0 N–H and O–H groups in total. The van der Waals surface area contributed by atoms with Gasteiger partial charge in [0, 0.05) is 37.2 Å². The Balaban J connectivity index is 0. The molecule has 0 aromatic heterocycles. The highest BCUT2D eigenvalue weighted by Crippen LogP contribution is 1.89. The molecule has 0 unspecified atom stereocenters. The van der Waals surface area contributed by atoms with Gasteiger partial charge in [0.05, 0.1) is 5.57 Å². The molecular weight excluding hydrogens is 332 g/mol. The molecular formula is C4H3I2NO. The zero-order chi connectivity index (χ0) is 6.99. The van der Waals surface area contributed by atoms with E-state index in [0.717, 1.165) is 0 Å². The summed E-state index contributed by atoms with van der Waals surface area (Å²) in [6, 6.07) is 1.55. The smallest absolute Gasteiger partial charge is 0.159 e. The normalized spacial score (nSPS) is 5.12. The average molecular weight is 335 g/mol. The molecule has 44 valence electrons. The summed E-state index contributed by atoms with van der Waals surface area (Å²) in [5.41, 5.74) is -0.0324. The maximum Gasteiger partial charge on any atom is 0.159 e. The fourth-order valence-electron chi connectivity index (χ4n) is 0.0264. The van der Waals surface area contributed by atoms with E-state index in [1.54, 1.807) is 6.07 Å². The van der Waals surface area contributed by atoms with E-state index < -0.39 is 0 Å². The van der Waals surface area contributed by atoms with Crippen molar-refractivity contribution in [3.05, 3.63) is 12.2 Å². The monoisotopic (exact) mass is 335 g/mol. The van der Waals surface area contributed by atoms with Gasteiger partial charge in [-0.25, -0.2) is 0 Å². The van der Waals surface area contributed by atoms with Crippen LogP contribution in [0.3, 0.4) is 0 Å². The van der Waals surface area contributed by atoms with Crippen LogP contribution in [0, 0.1) is 11.3 Å². The van der Waals surface area contributed by atoms with Crippen LogP contribution >= 0.6 is 37.2 Å². The fraction of sp³-hybridized carbons (Fsp3) is 0. The van der Waals surface area contributed by atoms with Crippen LogP contribution in [-0.4, -0.2) is 6.29 Å². The van der Waals surface area contributed by atoms with E-state index >= 15 is 0 Å². The lowest BCUT2D eigenvalue weighted by Gasteiger charge is -1.62. The number of halogens is 2. The summed E-state index contributed by atoms with van der Waals surface area (Å²) in [6.45, 7) is 3.06. The molecule has 4 heteroatoms. The van der Waals surface area contributed by atoms with Crippen LogP contribution in [0.15, 0.2) is 12.2 Å². The van der Waals surface area contributed by atoms with Crippen LogP contribution in [0.25, 0.3) is 0 Å². The quantitative estimate of drug-likeness (QED) is 0.319. The summed E-state index contributed by atoms with van der Waals surface area (Å²) < 4.78 is 0. The largest absolute Gasteiger partial charge is 0.297 e. The van der Waals surface area contributed by atoms with Crippen molar-refractivity contribution >= 4 is 43.5 Å². The Morgan fingerprint density at radius 3 is 2.12 bits per heavy atom. The molecule has 0 rings (SSSR count). The first-order valence-corrected chi connectivity index (χ1v) is 7.78. The van der Waals surface area contributed by atoms with Crippen molar-refractivity contribution in [2.45, 2.75) is 0 Å². The second-order valence-electron chi connectivity index (χ2n) is 0.755. The highest BCUT2D eigenvalue weighted by atomic mass is 128. The zero-order valence-electron chi connectivity index (χ0n) is 3.90. The lowest BCUT2D eigenvalue weighted by Crippen LogP contribution is -1.69. The third-order valence-electron chi connectivity index (χ3n) is 0.286. The minimum Gasteiger partial charge on any atom is -0.297 e. The highest BCUT2D eigenvalue weighted by Gasteiger charge is 1.76. The molecule has 0 aromatic carbocycles. The predicted octanol–water partition coefficient (Wildman–Crippen LogP) is 2.04. The number of allylic oxidation sites excluding steroid dienone is 1. The van der Waals surface area contributed by atoms with Gasteiger partial charge in [-0.15, -0.1) is 0 Å². The number of carbonyl (C=O) groups excluding carboxylic acids is 1. The van der Waals surface area contributed by atoms with Gasteiger partial charge in [-0.3, -0.25) is 4.79 Å². The van der Waals surface area contributed by atoms with Crippen molar-refractivity contribution < 1.29 is 4.79 Å². The van der Waals surface area contributed by atoms with Crippen molar-refractivity contribution in [1.29, 1.82) is 5.26 Å². The average Bonchev–Trinajstić information content (AvgIpc) is 1.91. The Labute approximate surface area is 71.3 Å². The molecule has 0 aliphatic rings. The maximum absolute atomic E-state index is 9.41. The molecule has 0 radical (unpaired) electrons. The first kappa shape index (κ1) is 11.2. The van der Waals surface area contributed by atoms with E-state index in [1.807, 2.05) is 0 Å². The first-order chi connectivity index (χ1) is 3.81. The zero-order valence-corrected chi connectivity index (χ0v) is 8.21. The fourth-order valence-corrected chi connectivity index (χ4v) is 0.0264. The Bertz CT molecular complexity index is 116. The van der Waals surface area contributed by atoms with Gasteiger partial charge in [0.15, 0.2) is 6.29 Å². The molecule has 0 atom stereocenters. The molecule has 0 spiro atoms. The number of nitriles is 1. The van der Waals surface area contributed by atoms with Crippen molar-refractivity contribution in [3.63, 3.8) is 0 Å². The Morgan fingerprint density at radius 2 is 2.12 bits per heavy atom. The van der Waals surface area contributed by atoms with Gasteiger partial charge < -0.3 is 0 Å². The van der Waals surface area contributed by atoms with Crippen molar-refractivity contribution in [3.8, 4) is 6.07 Å². The lowest BCUT2D eigenvalue weighted by molar-refractivity contribution is -0.104. The number of aldehydes is 1. The molecule has 2 nitrogen and oxygen atoms in total. The molecule has 8 heavy (non-hydrogen) atoms. The van der Waals surface area contributed by atoms with Crippen LogP contribution in [0.2, 0.25) is 0 Å². The molecule has 0 saturated carbocycles. The van der Waals surface area contributed by atoms with Crippen molar-refractivity contribution in [2.24, 2.45) is 0 Å². The van der Waals surface area contributed by atoms with Crippen LogP contribution in [0.4, 0.5) is 0 Å². The number of carbonyl (C=O) groups is 1. The molecule has 0 saturated heterocycles. The summed E-state index contributed by atoms with van der Waals surface area (Å²) in [6.07, 6.45) is 0.417. The van der Waals surface area contributed by atoms with Crippen molar-refractivity contribution in [1.82, 2.24) is 0 Å². The van der Waals surface area contributed by atoms with Crippen LogP contribution in [0.1, 0.15) is 0 Å². The van der Waals surface area contributed by atoms with Gasteiger partial charge in [-0.1, -0.05) is 6.58 Å². The first-order valence-electron chi connectivity index (χ1n) is 1.49. The summed E-state index contributed by atoms with van der Waals surface area (Å²) in [4.78, 5) is 9.41. The third-order valence-corrected chi connectivity index (χ3v) is 0.286. The maximum atomic E-state index is 9.41. The van der Waals surface area contributed by atoms with Gasteiger partial charge in [0.2, 0.25) is 0 Å². The van der Waals surface area contributed by atoms with Gasteiger partial charge in [0.25, 0.3) is 0 Å². The van der Waals surface area contributed by atoms with E-state index in [4.69, 9.17) is 5.26 Å². The molecule has 0 aliphatic carbocycles. The summed E-state index contributed by atoms with van der Waals surface area (Å²) in [7, 11) is 0. The molecule has 0 amide bonds. The molecule has 0 aromatic rings. The van der Waals surface area contributed by atoms with Gasteiger partial charge in [-0.2, -0.15) is 5.26 Å². The van der Waals surface area contributed by atoms with Gasteiger partial charge >= 0.3 is 0 Å². The Hall–Kier alpha value is 0.360. The summed E-state index contributed by atoms with van der Waals surface area (Å²) in [5.74, 6) is 0. The minimum atomic E-state index is -0.0324. The number of nitrogens with zero attached hydrogens (tertiary/aromatic N) is 1. The van der Waals surface area contributed by atoms with E-state index in [9.17, 15) is 4.79 Å². The Morgan fingerprint density at radius 1 is 1.75 bits per heavy atom. The van der Waals surface area contributed by atoms with Crippen molar-refractivity contribution in [2.75, 3.05) is 0 Å². The summed E-state index contributed by atoms with van der Waals surface area (Å²) in [5, 5.41) is 7.75. The van der Waals surface area contributed by atoms with E-state index in [2.05, 4.69) is 43.8 Å². The third kappa shape index (κ3) is 9.61. The summed E-state index contributed by atoms with van der Waals surface area (Å²) >= 11 is 4.24. The number of rotatable bonds is 1.